The van der Waals surface area contributed by atoms with Gasteiger partial charge in [0.15, 0.2) is 0 Å². The van der Waals surface area contributed by atoms with E-state index < -0.39 is 0 Å². The minimum absolute atomic E-state index is 0.159. The molecule has 0 spiro atoms. The lowest BCUT2D eigenvalue weighted by molar-refractivity contribution is 0.385. The first-order chi connectivity index (χ1) is 22.0. The second kappa shape index (κ2) is 26.1. The average molecular weight is 632 g/mol. The van der Waals surface area contributed by atoms with Crippen LogP contribution in [0.5, 0.6) is 0 Å². The van der Waals surface area contributed by atoms with E-state index in [9.17, 15) is 4.39 Å². The highest BCUT2D eigenvalue weighted by atomic mass is 19.1. The van der Waals surface area contributed by atoms with Gasteiger partial charge in [0.2, 0.25) is 0 Å². The molecule has 258 valence electrons. The normalized spacial score (nSPS) is 12.4. The first kappa shape index (κ1) is 45.1. The first-order valence-corrected chi connectivity index (χ1v) is 18.1. The molecule has 0 bridgehead atoms. The lowest BCUT2D eigenvalue weighted by atomic mass is 9.91. The smallest absolute Gasteiger partial charge is 0.130 e. The van der Waals surface area contributed by atoms with E-state index in [1.165, 1.54) is 60.4 Å². The number of benzene rings is 2. The predicted molar refractivity (Wildman–Crippen MR) is 208 cm³/mol. The number of nitrogens with zero attached hydrogens (tertiary/aromatic N) is 1. The van der Waals surface area contributed by atoms with Crippen molar-refractivity contribution in [1.29, 1.82) is 0 Å². The van der Waals surface area contributed by atoms with Crippen LogP contribution in [0.1, 0.15) is 149 Å². The molecule has 2 aromatic carbocycles. The van der Waals surface area contributed by atoms with Gasteiger partial charge >= 0.3 is 0 Å². The summed E-state index contributed by atoms with van der Waals surface area (Å²) < 4.78 is 13.7. The van der Waals surface area contributed by atoms with Crippen LogP contribution in [0.3, 0.4) is 0 Å². The highest BCUT2D eigenvalue weighted by Gasteiger charge is 2.10. The zero-order chi connectivity index (χ0) is 35.8. The summed E-state index contributed by atoms with van der Waals surface area (Å²) in [5, 5.41) is 0. The molecule has 46 heavy (non-hydrogen) atoms. The Balaban J connectivity index is 0. The van der Waals surface area contributed by atoms with Crippen LogP contribution in [0.25, 0.3) is 16.7 Å². The lowest BCUT2D eigenvalue weighted by Gasteiger charge is -2.15. The standard InChI is InChI=1S/C17H21N.C14H17F.C7H14.3C2H6/c1-5-14-7-8-16(11-15(14)6-2)17-9-12(3)18-13(4)10-17;1-9(2)11(4)12(5)14-10(3)7-6-8-13(14)15;1-7-5-3-2-4-6-7;3*1-2/h7-11H,5-6H2,1-4H3;6-8H,1H2,2-5H3;7H,2-6H2,1H3;3*1-2H3/b;12-11+;;;;. The van der Waals surface area contributed by atoms with E-state index in [4.69, 9.17) is 0 Å². The Morgan fingerprint density at radius 3 is 1.67 bits per heavy atom. The summed E-state index contributed by atoms with van der Waals surface area (Å²) in [7, 11) is 0. The molecule has 0 saturated heterocycles. The summed E-state index contributed by atoms with van der Waals surface area (Å²) in [4.78, 5) is 4.44. The average Bonchev–Trinajstić information content (AvgIpc) is 3.07. The van der Waals surface area contributed by atoms with Crippen molar-refractivity contribution >= 4 is 5.57 Å². The topological polar surface area (TPSA) is 12.9 Å². The molecular weight excluding hydrogens is 561 g/mol. The van der Waals surface area contributed by atoms with Crippen molar-refractivity contribution in [3.63, 3.8) is 0 Å². The summed E-state index contributed by atoms with van der Waals surface area (Å²) in [6, 6.07) is 16.3. The number of rotatable bonds is 5. The van der Waals surface area contributed by atoms with Gasteiger partial charge in [0.05, 0.1) is 0 Å². The van der Waals surface area contributed by atoms with Crippen LogP contribution in [-0.2, 0) is 12.8 Å². The summed E-state index contributed by atoms with van der Waals surface area (Å²) in [6.07, 6.45) is 9.64. The fraction of sp³-hybridized carbons (Fsp3) is 0.523. The van der Waals surface area contributed by atoms with Gasteiger partial charge in [0, 0.05) is 17.0 Å². The Kier molecular flexibility index (Phi) is 25.6. The maximum atomic E-state index is 13.7. The number of allylic oxidation sites excluding steroid dienone is 3. The number of aryl methyl sites for hydroxylation is 5. The van der Waals surface area contributed by atoms with Crippen LogP contribution < -0.4 is 0 Å². The van der Waals surface area contributed by atoms with E-state index in [2.05, 4.69) is 76.5 Å². The van der Waals surface area contributed by atoms with Gasteiger partial charge in [-0.15, -0.1) is 0 Å². The summed E-state index contributed by atoms with van der Waals surface area (Å²) >= 11 is 0. The van der Waals surface area contributed by atoms with E-state index in [0.29, 0.717) is 5.56 Å². The van der Waals surface area contributed by atoms with Crippen LogP contribution in [0.4, 0.5) is 4.39 Å². The number of hydrogen-bond acceptors (Lipinski definition) is 1. The van der Waals surface area contributed by atoms with Gasteiger partial charge in [-0.2, -0.15) is 0 Å². The first-order valence-electron chi connectivity index (χ1n) is 18.1. The molecule has 0 unspecified atom stereocenters. The molecule has 0 radical (unpaired) electrons. The van der Waals surface area contributed by atoms with Crippen LogP contribution in [0.2, 0.25) is 0 Å². The van der Waals surface area contributed by atoms with Crippen LogP contribution >= 0.6 is 0 Å². The Morgan fingerprint density at radius 1 is 0.739 bits per heavy atom. The van der Waals surface area contributed by atoms with Gasteiger partial charge in [0.25, 0.3) is 0 Å². The molecule has 3 aromatic rings. The molecule has 0 amide bonds. The van der Waals surface area contributed by atoms with Crippen LogP contribution in [-0.4, -0.2) is 4.98 Å². The monoisotopic (exact) mass is 632 g/mol. The second-order valence-corrected chi connectivity index (χ2v) is 11.5. The van der Waals surface area contributed by atoms with Crippen molar-refractivity contribution in [2.24, 2.45) is 5.92 Å². The minimum Gasteiger partial charge on any atom is -0.258 e. The van der Waals surface area contributed by atoms with E-state index in [0.717, 1.165) is 52.4 Å². The Hall–Kier alpha value is -3.00. The van der Waals surface area contributed by atoms with Crippen molar-refractivity contribution in [3.05, 3.63) is 106 Å². The third-order valence-corrected chi connectivity index (χ3v) is 8.08. The van der Waals surface area contributed by atoms with E-state index in [1.807, 2.05) is 75.3 Å². The molecule has 1 heterocycles. The molecule has 0 atom stereocenters. The summed E-state index contributed by atoms with van der Waals surface area (Å²) in [5.74, 6) is 0.877. The zero-order valence-corrected chi connectivity index (χ0v) is 32.7. The quantitative estimate of drug-likeness (QED) is 0.255. The van der Waals surface area contributed by atoms with Crippen molar-refractivity contribution in [1.82, 2.24) is 4.98 Å². The van der Waals surface area contributed by atoms with Crippen LogP contribution in [0, 0.1) is 32.5 Å². The zero-order valence-electron chi connectivity index (χ0n) is 32.7. The van der Waals surface area contributed by atoms with Crippen LogP contribution in [0.15, 0.2) is 66.3 Å². The number of aromatic nitrogens is 1. The molecule has 1 nitrogen and oxygen atoms in total. The summed E-state index contributed by atoms with van der Waals surface area (Å²) in [6.45, 7) is 34.6. The maximum Gasteiger partial charge on any atom is 0.130 e. The molecule has 4 rings (SSSR count). The molecular formula is C44H70FN. The highest BCUT2D eigenvalue weighted by Crippen LogP contribution is 2.27. The fourth-order valence-electron chi connectivity index (χ4n) is 5.40. The lowest BCUT2D eigenvalue weighted by Crippen LogP contribution is -1.99. The van der Waals surface area contributed by atoms with E-state index in [1.54, 1.807) is 6.07 Å². The maximum absolute atomic E-state index is 13.7. The van der Waals surface area contributed by atoms with Crippen molar-refractivity contribution in [2.45, 2.75) is 149 Å². The minimum atomic E-state index is -0.159. The molecule has 0 N–H and O–H groups in total. The van der Waals surface area contributed by atoms with Gasteiger partial charge < -0.3 is 0 Å². The molecule has 1 aromatic heterocycles. The van der Waals surface area contributed by atoms with Gasteiger partial charge in [-0.05, 0) is 117 Å². The second-order valence-electron chi connectivity index (χ2n) is 11.5. The molecule has 1 aliphatic rings. The van der Waals surface area contributed by atoms with Crippen molar-refractivity contribution in [3.8, 4) is 11.1 Å². The Morgan fingerprint density at radius 2 is 1.26 bits per heavy atom. The molecule has 1 fully saturated rings. The number of hydrogen-bond donors (Lipinski definition) is 0. The van der Waals surface area contributed by atoms with Gasteiger partial charge in [-0.25, -0.2) is 4.39 Å². The van der Waals surface area contributed by atoms with Crippen molar-refractivity contribution < 1.29 is 4.39 Å². The van der Waals surface area contributed by atoms with Gasteiger partial charge in [-0.1, -0.05) is 137 Å². The van der Waals surface area contributed by atoms with Gasteiger partial charge in [0.1, 0.15) is 5.82 Å². The highest BCUT2D eigenvalue weighted by molar-refractivity contribution is 5.72. The SMILES string of the molecule is C=C(C)/C(C)=C(\C)c1c(C)cccc1F.CC.CC.CC.CC1CCCCC1.CCc1ccc(-c2cc(C)nc(C)c2)cc1CC. The van der Waals surface area contributed by atoms with E-state index in [-0.39, 0.29) is 5.82 Å². The van der Waals surface area contributed by atoms with Gasteiger partial charge in [-0.3, -0.25) is 4.98 Å². The molecule has 1 aliphatic carbocycles. The molecule has 2 heteroatoms. The third-order valence-electron chi connectivity index (χ3n) is 8.08. The molecule has 0 aliphatic heterocycles. The predicted octanol–water partition coefficient (Wildman–Crippen LogP) is 14.7. The number of pyridine rings is 1. The summed E-state index contributed by atoms with van der Waals surface area (Å²) in [5.41, 5.74) is 12.4. The fourth-order valence-corrected chi connectivity index (χ4v) is 5.40. The Bertz CT molecular complexity index is 1250. The Labute approximate surface area is 285 Å². The molecule has 1 saturated carbocycles. The third kappa shape index (κ3) is 16.0. The van der Waals surface area contributed by atoms with E-state index >= 15 is 0 Å². The van der Waals surface area contributed by atoms with Crippen molar-refractivity contribution in [2.75, 3.05) is 0 Å². The number of halogens is 1. The largest absolute Gasteiger partial charge is 0.258 e.